The van der Waals surface area contributed by atoms with Crippen LogP contribution in [0.2, 0.25) is 0 Å². The maximum absolute atomic E-state index is 12.8. The van der Waals surface area contributed by atoms with Gasteiger partial charge in [0.15, 0.2) is 11.0 Å². The van der Waals surface area contributed by atoms with Crippen molar-refractivity contribution in [2.24, 2.45) is 4.99 Å². The number of rotatable bonds is 4. The van der Waals surface area contributed by atoms with E-state index in [1.807, 2.05) is 48.5 Å². The number of anilines is 2. The summed E-state index contributed by atoms with van der Waals surface area (Å²) in [7, 11) is 0. The Labute approximate surface area is 215 Å². The molecule has 36 heavy (non-hydrogen) atoms. The summed E-state index contributed by atoms with van der Waals surface area (Å²) in [5.41, 5.74) is 7.19. The van der Waals surface area contributed by atoms with Gasteiger partial charge in [0, 0.05) is 29.2 Å². The topological polar surface area (TPSA) is 75.4 Å². The number of carbonyl (C=O) groups excluding carboxylic acids is 1. The van der Waals surface area contributed by atoms with E-state index in [0.29, 0.717) is 11.5 Å². The van der Waals surface area contributed by atoms with E-state index >= 15 is 0 Å². The molecule has 0 saturated carbocycles. The van der Waals surface area contributed by atoms with Crippen LogP contribution in [0.1, 0.15) is 23.1 Å². The Hall–Kier alpha value is -3.91. The van der Waals surface area contributed by atoms with E-state index in [2.05, 4.69) is 64.3 Å². The quantitative estimate of drug-likeness (QED) is 0.354. The van der Waals surface area contributed by atoms with Gasteiger partial charge in [-0.05, 0) is 74.7 Å². The number of aromatic nitrogens is 3. The van der Waals surface area contributed by atoms with Crippen LogP contribution in [0.15, 0.2) is 78.0 Å². The number of hydrogen-bond acceptors (Lipinski definition) is 4. The molecular weight excluding hydrogens is 468 g/mol. The van der Waals surface area contributed by atoms with Gasteiger partial charge in [0.05, 0.1) is 5.69 Å². The van der Waals surface area contributed by atoms with Crippen molar-refractivity contribution in [3.63, 3.8) is 0 Å². The monoisotopic (exact) mass is 496 g/mol. The van der Waals surface area contributed by atoms with Crippen molar-refractivity contribution >= 4 is 34.3 Å². The Morgan fingerprint density at radius 3 is 2.42 bits per heavy atom. The second-order valence-electron chi connectivity index (χ2n) is 8.84. The molecule has 182 valence electrons. The Bertz CT molecular complexity index is 1390. The molecule has 0 radical (unpaired) electrons. The number of urea groups is 1. The summed E-state index contributed by atoms with van der Waals surface area (Å²) in [5.74, 6) is 1.57. The van der Waals surface area contributed by atoms with E-state index in [4.69, 9.17) is 0 Å². The Kier molecular flexibility index (Phi) is 6.86. The zero-order valence-corrected chi connectivity index (χ0v) is 21.4. The Morgan fingerprint density at radius 1 is 0.972 bits per heavy atom. The number of aryl methyl sites for hydroxylation is 3. The smallest absolute Gasteiger partial charge is 0.320 e. The standard InChI is InChI=1S/C28H28N6OS/c1-19-8-14-24(15-9-19)34-18-29-26(32-34)22-10-12-23(13-11-22)30-27(35)31-28-33(16-5-17-36-28)25-20(2)6-4-7-21(25)3/h4,6-15,18H,5,16-17H2,1-3H3,(H,30,35). The molecule has 3 aromatic carbocycles. The zero-order chi connectivity index (χ0) is 25.1. The van der Waals surface area contributed by atoms with Crippen molar-refractivity contribution in [1.82, 2.24) is 14.8 Å². The average molecular weight is 497 g/mol. The first-order chi connectivity index (χ1) is 17.5. The maximum Gasteiger partial charge on any atom is 0.347 e. The van der Waals surface area contributed by atoms with E-state index < -0.39 is 0 Å². The van der Waals surface area contributed by atoms with Crippen LogP contribution in [0.3, 0.4) is 0 Å². The van der Waals surface area contributed by atoms with Gasteiger partial charge < -0.3 is 10.2 Å². The fourth-order valence-electron chi connectivity index (χ4n) is 4.25. The molecule has 1 fully saturated rings. The first-order valence-electron chi connectivity index (χ1n) is 11.9. The van der Waals surface area contributed by atoms with Gasteiger partial charge in [0.2, 0.25) is 0 Å². The molecule has 2 amide bonds. The summed E-state index contributed by atoms with van der Waals surface area (Å²) in [4.78, 5) is 23.8. The van der Waals surface area contributed by atoms with Crippen LogP contribution in [-0.2, 0) is 0 Å². The van der Waals surface area contributed by atoms with Gasteiger partial charge in [0.1, 0.15) is 6.33 Å². The molecule has 1 N–H and O–H groups in total. The molecule has 1 aliphatic rings. The number of carbonyl (C=O) groups is 1. The van der Waals surface area contributed by atoms with Crippen LogP contribution in [0, 0.1) is 20.8 Å². The fourth-order valence-corrected chi connectivity index (χ4v) is 5.19. The lowest BCUT2D eigenvalue weighted by molar-refractivity contribution is 0.259. The minimum atomic E-state index is -0.384. The van der Waals surface area contributed by atoms with E-state index in [1.54, 1.807) is 22.8 Å². The number of amidine groups is 1. The van der Waals surface area contributed by atoms with Gasteiger partial charge >= 0.3 is 6.03 Å². The molecule has 0 aliphatic carbocycles. The average Bonchev–Trinajstić information content (AvgIpc) is 3.36. The van der Waals surface area contributed by atoms with Crippen molar-refractivity contribution in [1.29, 1.82) is 0 Å². The van der Waals surface area contributed by atoms with Crippen LogP contribution in [0.5, 0.6) is 0 Å². The van der Waals surface area contributed by atoms with E-state index in [1.165, 1.54) is 16.7 Å². The SMILES string of the molecule is Cc1ccc(-n2cnc(-c3ccc(NC(=O)N=C4SCCCN4c4c(C)cccc4C)cc3)n2)cc1. The van der Waals surface area contributed by atoms with Gasteiger partial charge in [-0.3, -0.25) is 0 Å². The van der Waals surface area contributed by atoms with Crippen molar-refractivity contribution in [2.75, 3.05) is 22.5 Å². The summed E-state index contributed by atoms with van der Waals surface area (Å²) < 4.78 is 1.75. The van der Waals surface area contributed by atoms with Gasteiger partial charge in [-0.1, -0.05) is 47.7 Å². The molecule has 0 unspecified atom stereocenters. The summed E-state index contributed by atoms with van der Waals surface area (Å²) in [6, 6.07) is 21.5. The van der Waals surface area contributed by atoms with Crippen molar-refractivity contribution in [3.8, 4) is 17.1 Å². The van der Waals surface area contributed by atoms with Crippen molar-refractivity contribution in [2.45, 2.75) is 27.2 Å². The Balaban J connectivity index is 1.29. The molecule has 2 heterocycles. The number of benzene rings is 3. The number of thioether (sulfide) groups is 1. The summed E-state index contributed by atoms with van der Waals surface area (Å²) in [6.45, 7) is 7.10. The minimum Gasteiger partial charge on any atom is -0.320 e. The first-order valence-corrected chi connectivity index (χ1v) is 12.9. The zero-order valence-electron chi connectivity index (χ0n) is 20.6. The van der Waals surface area contributed by atoms with E-state index in [0.717, 1.165) is 40.8 Å². The second-order valence-corrected chi connectivity index (χ2v) is 9.91. The molecule has 7 nitrogen and oxygen atoms in total. The molecule has 0 atom stereocenters. The number of amides is 2. The lowest BCUT2D eigenvalue weighted by Crippen LogP contribution is -2.36. The first kappa shape index (κ1) is 23.8. The van der Waals surface area contributed by atoms with Crippen molar-refractivity contribution in [3.05, 3.63) is 89.7 Å². The molecular formula is C28H28N6OS. The third-order valence-electron chi connectivity index (χ3n) is 6.08. The predicted molar refractivity (Wildman–Crippen MR) is 148 cm³/mol. The molecule has 5 rings (SSSR count). The van der Waals surface area contributed by atoms with Gasteiger partial charge in [-0.2, -0.15) is 4.99 Å². The predicted octanol–water partition coefficient (Wildman–Crippen LogP) is 6.39. The third-order valence-corrected chi connectivity index (χ3v) is 7.14. The number of para-hydroxylation sites is 1. The van der Waals surface area contributed by atoms with Gasteiger partial charge in [-0.25, -0.2) is 14.5 Å². The fraction of sp³-hybridized carbons (Fsp3) is 0.214. The van der Waals surface area contributed by atoms with E-state index in [9.17, 15) is 4.79 Å². The van der Waals surface area contributed by atoms with E-state index in [-0.39, 0.29) is 6.03 Å². The highest BCUT2D eigenvalue weighted by atomic mass is 32.2. The molecule has 1 aliphatic heterocycles. The second kappa shape index (κ2) is 10.4. The number of aliphatic imine (C=N–C) groups is 1. The lowest BCUT2D eigenvalue weighted by Gasteiger charge is -2.31. The summed E-state index contributed by atoms with van der Waals surface area (Å²) in [6.07, 6.45) is 2.75. The third kappa shape index (κ3) is 5.18. The minimum absolute atomic E-state index is 0.384. The highest BCUT2D eigenvalue weighted by Gasteiger charge is 2.23. The van der Waals surface area contributed by atoms with Crippen LogP contribution >= 0.6 is 11.8 Å². The van der Waals surface area contributed by atoms with Crippen LogP contribution < -0.4 is 10.2 Å². The largest absolute Gasteiger partial charge is 0.347 e. The normalized spacial score (nSPS) is 14.8. The molecule has 4 aromatic rings. The van der Waals surface area contributed by atoms with Crippen molar-refractivity contribution < 1.29 is 4.79 Å². The van der Waals surface area contributed by atoms with Crippen LogP contribution in [0.25, 0.3) is 17.1 Å². The van der Waals surface area contributed by atoms with Crippen LogP contribution in [-0.4, -0.2) is 38.3 Å². The summed E-state index contributed by atoms with van der Waals surface area (Å²) >= 11 is 1.62. The highest BCUT2D eigenvalue weighted by molar-refractivity contribution is 8.14. The van der Waals surface area contributed by atoms with Crippen LogP contribution in [0.4, 0.5) is 16.2 Å². The molecule has 0 spiro atoms. The van der Waals surface area contributed by atoms with Gasteiger partial charge in [0.25, 0.3) is 0 Å². The number of nitrogens with one attached hydrogen (secondary N) is 1. The number of nitrogens with zero attached hydrogens (tertiary/aromatic N) is 5. The molecule has 0 bridgehead atoms. The molecule has 8 heteroatoms. The Morgan fingerprint density at radius 2 is 1.69 bits per heavy atom. The highest BCUT2D eigenvalue weighted by Crippen LogP contribution is 2.31. The van der Waals surface area contributed by atoms with Gasteiger partial charge in [-0.15, -0.1) is 5.10 Å². The molecule has 1 saturated heterocycles. The number of hydrogen-bond donors (Lipinski definition) is 1. The maximum atomic E-state index is 12.8. The molecule has 1 aromatic heterocycles. The summed E-state index contributed by atoms with van der Waals surface area (Å²) in [5, 5.41) is 8.22. The lowest BCUT2D eigenvalue weighted by atomic mass is 10.1.